The summed E-state index contributed by atoms with van der Waals surface area (Å²) in [7, 11) is 1.28. The number of hydrogen-bond acceptors (Lipinski definition) is 4. The fraction of sp³-hybridized carbons (Fsp3) is 0.133. The predicted molar refractivity (Wildman–Crippen MR) is 83.7 cm³/mol. The van der Waals surface area contributed by atoms with E-state index in [9.17, 15) is 18.0 Å². The highest BCUT2D eigenvalue weighted by Crippen LogP contribution is 2.29. The molecule has 0 radical (unpaired) electrons. The fourth-order valence-electron chi connectivity index (χ4n) is 2.05. The van der Waals surface area contributed by atoms with Gasteiger partial charge in [0.1, 0.15) is 5.69 Å². The molecule has 0 atom stereocenters. The first kappa shape index (κ1) is 16.2. The monoisotopic (exact) mass is 352 g/mol. The van der Waals surface area contributed by atoms with Crippen molar-refractivity contribution < 1.29 is 18.0 Å². The molecule has 0 aliphatic rings. The Bertz CT molecular complexity index is 870. The van der Waals surface area contributed by atoms with Crippen LogP contribution in [0.15, 0.2) is 41.8 Å². The van der Waals surface area contributed by atoms with Gasteiger partial charge in [0.25, 0.3) is 5.91 Å². The summed E-state index contributed by atoms with van der Waals surface area (Å²) >= 11 is 1.19. The topological polar surface area (TPSA) is 59.8 Å². The quantitative estimate of drug-likeness (QED) is 0.780. The van der Waals surface area contributed by atoms with Gasteiger partial charge in [0.2, 0.25) is 0 Å². The van der Waals surface area contributed by atoms with Gasteiger partial charge in [-0.05, 0) is 0 Å². The van der Waals surface area contributed by atoms with Gasteiger partial charge in [0, 0.05) is 24.1 Å². The first-order valence-electron chi connectivity index (χ1n) is 6.78. The van der Waals surface area contributed by atoms with Gasteiger partial charge >= 0.3 is 6.18 Å². The Morgan fingerprint density at radius 1 is 1.25 bits per heavy atom. The van der Waals surface area contributed by atoms with Crippen molar-refractivity contribution in [2.75, 3.05) is 5.32 Å². The third-order valence-corrected chi connectivity index (χ3v) is 3.95. The normalized spacial score (nSPS) is 11.5. The van der Waals surface area contributed by atoms with Crippen LogP contribution in [0.5, 0.6) is 0 Å². The summed E-state index contributed by atoms with van der Waals surface area (Å²) in [5.41, 5.74) is 0.254. The highest BCUT2D eigenvalue weighted by Gasteiger charge is 2.35. The standard InChI is InChI=1S/C15H11F3N4OS/c1-22-11(7-12(21-22)15(16,17)18)13(23)20-14-19-10(8-24-14)9-5-3-2-4-6-9/h2-8H,1H3,(H,19,20,23). The average molecular weight is 352 g/mol. The van der Waals surface area contributed by atoms with Gasteiger partial charge in [0.15, 0.2) is 10.8 Å². The summed E-state index contributed by atoms with van der Waals surface area (Å²) < 4.78 is 38.8. The number of nitrogens with zero attached hydrogens (tertiary/aromatic N) is 3. The number of rotatable bonds is 3. The van der Waals surface area contributed by atoms with Crippen molar-refractivity contribution >= 4 is 22.4 Å². The van der Waals surface area contributed by atoms with Crippen LogP contribution in [0, 0.1) is 0 Å². The Balaban J connectivity index is 1.79. The number of aryl methyl sites for hydroxylation is 1. The van der Waals surface area contributed by atoms with Crippen molar-refractivity contribution in [2.45, 2.75) is 6.18 Å². The maximum atomic E-state index is 12.6. The van der Waals surface area contributed by atoms with Gasteiger partial charge in [-0.15, -0.1) is 11.3 Å². The van der Waals surface area contributed by atoms with Crippen molar-refractivity contribution in [3.05, 3.63) is 53.2 Å². The van der Waals surface area contributed by atoms with Gasteiger partial charge in [-0.3, -0.25) is 14.8 Å². The Kier molecular flexibility index (Phi) is 4.10. The number of carbonyl (C=O) groups excluding carboxylic acids is 1. The number of thiazole rings is 1. The van der Waals surface area contributed by atoms with E-state index in [-0.39, 0.29) is 5.69 Å². The lowest BCUT2D eigenvalue weighted by Crippen LogP contribution is -2.15. The maximum Gasteiger partial charge on any atom is 0.435 e. The van der Waals surface area contributed by atoms with E-state index in [4.69, 9.17) is 0 Å². The summed E-state index contributed by atoms with van der Waals surface area (Å²) in [5, 5.41) is 7.86. The highest BCUT2D eigenvalue weighted by atomic mass is 32.1. The SMILES string of the molecule is Cn1nc(C(F)(F)F)cc1C(=O)Nc1nc(-c2ccccc2)cs1. The second-order valence-electron chi connectivity index (χ2n) is 4.89. The van der Waals surface area contributed by atoms with Crippen LogP contribution in [-0.2, 0) is 13.2 Å². The lowest BCUT2D eigenvalue weighted by Gasteiger charge is -2.01. The number of carbonyl (C=O) groups is 1. The molecule has 5 nitrogen and oxygen atoms in total. The summed E-state index contributed by atoms with van der Waals surface area (Å²) in [5.74, 6) is -0.700. The minimum absolute atomic E-state index is 0.196. The Morgan fingerprint density at radius 3 is 2.58 bits per heavy atom. The van der Waals surface area contributed by atoms with Crippen molar-refractivity contribution in [2.24, 2.45) is 7.05 Å². The molecule has 0 aliphatic heterocycles. The van der Waals surface area contributed by atoms with Crippen LogP contribution in [-0.4, -0.2) is 20.7 Å². The molecule has 0 spiro atoms. The van der Waals surface area contributed by atoms with Crippen LogP contribution in [0.25, 0.3) is 11.3 Å². The number of alkyl halides is 3. The van der Waals surface area contributed by atoms with Crippen LogP contribution in [0.1, 0.15) is 16.2 Å². The molecule has 0 aliphatic carbocycles. The van der Waals surface area contributed by atoms with E-state index in [1.54, 1.807) is 5.38 Å². The van der Waals surface area contributed by atoms with E-state index in [1.165, 1.54) is 18.4 Å². The molecule has 0 unspecified atom stereocenters. The molecule has 24 heavy (non-hydrogen) atoms. The first-order valence-corrected chi connectivity index (χ1v) is 7.66. The molecule has 2 aromatic heterocycles. The minimum Gasteiger partial charge on any atom is -0.296 e. The van der Waals surface area contributed by atoms with Crippen LogP contribution in [0.3, 0.4) is 0 Å². The van der Waals surface area contributed by atoms with E-state index >= 15 is 0 Å². The van der Waals surface area contributed by atoms with Gasteiger partial charge in [-0.25, -0.2) is 4.98 Å². The number of nitrogens with one attached hydrogen (secondary N) is 1. The van der Waals surface area contributed by atoms with E-state index in [1.807, 2.05) is 30.3 Å². The lowest BCUT2D eigenvalue weighted by atomic mass is 10.2. The smallest absolute Gasteiger partial charge is 0.296 e. The van der Waals surface area contributed by atoms with E-state index < -0.39 is 17.8 Å². The van der Waals surface area contributed by atoms with Crippen molar-refractivity contribution in [1.29, 1.82) is 0 Å². The molecule has 2 heterocycles. The highest BCUT2D eigenvalue weighted by molar-refractivity contribution is 7.14. The molecule has 0 saturated heterocycles. The molecule has 0 fully saturated rings. The molecule has 1 aromatic carbocycles. The summed E-state index contributed by atoms with van der Waals surface area (Å²) in [6, 6.07) is 10.1. The third-order valence-electron chi connectivity index (χ3n) is 3.20. The Labute approximate surface area is 138 Å². The molecule has 1 N–H and O–H groups in total. The Hall–Kier alpha value is -2.68. The zero-order chi connectivity index (χ0) is 17.3. The van der Waals surface area contributed by atoms with Crippen molar-refractivity contribution in [1.82, 2.24) is 14.8 Å². The number of aromatic nitrogens is 3. The summed E-state index contributed by atoms with van der Waals surface area (Å²) in [6.07, 6.45) is -4.60. The van der Waals surface area contributed by atoms with Gasteiger partial charge in [0.05, 0.1) is 5.69 Å². The zero-order valence-corrected chi connectivity index (χ0v) is 13.1. The minimum atomic E-state index is -4.60. The third kappa shape index (κ3) is 3.30. The van der Waals surface area contributed by atoms with E-state index in [0.29, 0.717) is 16.9 Å². The number of halogens is 3. The predicted octanol–water partition coefficient (Wildman–Crippen LogP) is 3.81. The number of hydrogen-bond donors (Lipinski definition) is 1. The first-order chi connectivity index (χ1) is 11.3. The van der Waals surface area contributed by atoms with Gasteiger partial charge < -0.3 is 0 Å². The molecule has 9 heteroatoms. The molecule has 124 valence electrons. The molecule has 0 saturated carbocycles. The molecular weight excluding hydrogens is 341 g/mol. The van der Waals surface area contributed by atoms with Crippen LogP contribution in [0.2, 0.25) is 0 Å². The average Bonchev–Trinajstić information content (AvgIpc) is 3.14. The van der Waals surface area contributed by atoms with E-state index in [2.05, 4.69) is 15.4 Å². The number of anilines is 1. The fourth-order valence-corrected chi connectivity index (χ4v) is 2.77. The second-order valence-corrected chi connectivity index (χ2v) is 5.75. The van der Waals surface area contributed by atoms with Gasteiger partial charge in [-0.2, -0.15) is 18.3 Å². The molecule has 0 bridgehead atoms. The van der Waals surface area contributed by atoms with Crippen LogP contribution >= 0.6 is 11.3 Å². The van der Waals surface area contributed by atoms with E-state index in [0.717, 1.165) is 10.2 Å². The lowest BCUT2D eigenvalue weighted by molar-refractivity contribution is -0.141. The largest absolute Gasteiger partial charge is 0.435 e. The maximum absolute atomic E-state index is 12.6. The molecule has 1 amide bonds. The molecule has 3 rings (SSSR count). The number of amides is 1. The van der Waals surface area contributed by atoms with Gasteiger partial charge in [-0.1, -0.05) is 30.3 Å². The molecule has 3 aromatic rings. The van der Waals surface area contributed by atoms with Crippen molar-refractivity contribution in [3.8, 4) is 11.3 Å². The van der Waals surface area contributed by atoms with Crippen LogP contribution < -0.4 is 5.32 Å². The second kappa shape index (κ2) is 6.08. The summed E-state index contributed by atoms with van der Waals surface area (Å²) in [4.78, 5) is 16.4. The number of benzene rings is 1. The zero-order valence-electron chi connectivity index (χ0n) is 12.3. The molecular formula is C15H11F3N4OS. The van der Waals surface area contributed by atoms with Crippen LogP contribution in [0.4, 0.5) is 18.3 Å². The summed E-state index contributed by atoms with van der Waals surface area (Å²) in [6.45, 7) is 0. The van der Waals surface area contributed by atoms with Crippen molar-refractivity contribution in [3.63, 3.8) is 0 Å². The Morgan fingerprint density at radius 2 is 1.96 bits per heavy atom.